The van der Waals surface area contributed by atoms with Crippen LogP contribution in [0.3, 0.4) is 0 Å². The highest BCUT2D eigenvalue weighted by Gasteiger charge is 2.22. The monoisotopic (exact) mass is 436 g/mol. The standard InChI is InChI=1S/C22H24N6O2S/c29-20(28-10-8-17(9-11-28)12-16-4-2-1-3-5-16)14-24-19-7-6-18(13-23-19)21(30)26-22-27-25-15-31-22/h1-7,13,15,17H,8-12,14H2,(H,23,24)(H,26,27,30). The van der Waals surface area contributed by atoms with Crippen LogP contribution in [0.15, 0.2) is 54.2 Å². The second-order valence-corrected chi connectivity index (χ2v) is 8.33. The lowest BCUT2D eigenvalue weighted by Gasteiger charge is -2.32. The predicted octanol–water partition coefficient (Wildman–Crippen LogP) is 3.08. The molecule has 2 amide bonds. The molecule has 0 saturated carbocycles. The highest BCUT2D eigenvalue weighted by molar-refractivity contribution is 7.13. The van der Waals surface area contributed by atoms with Crippen LogP contribution in [0.5, 0.6) is 0 Å². The number of benzene rings is 1. The maximum atomic E-state index is 12.5. The van der Waals surface area contributed by atoms with Gasteiger partial charge in [-0.25, -0.2) is 4.98 Å². The number of hydrogen-bond donors (Lipinski definition) is 2. The van der Waals surface area contributed by atoms with Crippen molar-refractivity contribution in [1.29, 1.82) is 0 Å². The minimum absolute atomic E-state index is 0.0676. The summed E-state index contributed by atoms with van der Waals surface area (Å²) >= 11 is 1.25. The lowest BCUT2D eigenvalue weighted by molar-refractivity contribution is -0.130. The van der Waals surface area contributed by atoms with Gasteiger partial charge < -0.3 is 10.2 Å². The first-order chi connectivity index (χ1) is 15.2. The first-order valence-electron chi connectivity index (χ1n) is 10.3. The second-order valence-electron chi connectivity index (χ2n) is 7.50. The van der Waals surface area contributed by atoms with E-state index in [0.29, 0.717) is 22.4 Å². The molecule has 3 aromatic rings. The molecule has 9 heteroatoms. The molecular formula is C22H24N6O2S. The van der Waals surface area contributed by atoms with Gasteiger partial charge in [0, 0.05) is 19.3 Å². The van der Waals surface area contributed by atoms with E-state index in [1.54, 1.807) is 17.6 Å². The Morgan fingerprint density at radius 3 is 2.58 bits per heavy atom. The Hall–Kier alpha value is -3.33. The topological polar surface area (TPSA) is 100 Å². The minimum atomic E-state index is -0.301. The van der Waals surface area contributed by atoms with Gasteiger partial charge in [-0.05, 0) is 42.9 Å². The third-order valence-corrected chi connectivity index (χ3v) is 5.97. The molecule has 0 bridgehead atoms. The lowest BCUT2D eigenvalue weighted by Crippen LogP contribution is -2.41. The molecule has 0 radical (unpaired) electrons. The molecule has 1 saturated heterocycles. The molecule has 0 aliphatic carbocycles. The third-order valence-electron chi connectivity index (χ3n) is 5.36. The number of nitrogens with zero attached hydrogens (tertiary/aromatic N) is 4. The highest BCUT2D eigenvalue weighted by atomic mass is 32.1. The van der Waals surface area contributed by atoms with Crippen molar-refractivity contribution in [3.05, 3.63) is 65.3 Å². The van der Waals surface area contributed by atoms with Crippen molar-refractivity contribution in [3.63, 3.8) is 0 Å². The summed E-state index contributed by atoms with van der Waals surface area (Å²) in [6.45, 7) is 1.76. The number of amides is 2. The fourth-order valence-corrected chi connectivity index (χ4v) is 4.08. The number of likely N-dealkylation sites (tertiary alicyclic amines) is 1. The summed E-state index contributed by atoms with van der Waals surface area (Å²) < 4.78 is 0. The molecule has 0 spiro atoms. The molecule has 0 unspecified atom stereocenters. The number of rotatable bonds is 7. The van der Waals surface area contributed by atoms with Gasteiger partial charge in [-0.2, -0.15) is 0 Å². The average molecular weight is 437 g/mol. The Morgan fingerprint density at radius 1 is 1.10 bits per heavy atom. The van der Waals surface area contributed by atoms with Crippen molar-refractivity contribution >= 4 is 34.1 Å². The van der Waals surface area contributed by atoms with Crippen molar-refractivity contribution in [3.8, 4) is 0 Å². The molecule has 2 aromatic heterocycles. The molecule has 0 atom stereocenters. The molecule has 3 heterocycles. The maximum Gasteiger partial charge on any atom is 0.259 e. The smallest absolute Gasteiger partial charge is 0.259 e. The minimum Gasteiger partial charge on any atom is -0.361 e. The number of nitrogens with one attached hydrogen (secondary N) is 2. The van der Waals surface area contributed by atoms with E-state index in [-0.39, 0.29) is 18.4 Å². The molecule has 2 N–H and O–H groups in total. The van der Waals surface area contributed by atoms with Crippen molar-refractivity contribution in [2.45, 2.75) is 19.3 Å². The first kappa shape index (κ1) is 20.9. The van der Waals surface area contributed by atoms with Gasteiger partial charge in [-0.15, -0.1) is 10.2 Å². The summed E-state index contributed by atoms with van der Waals surface area (Å²) in [4.78, 5) is 30.8. The van der Waals surface area contributed by atoms with E-state index in [0.717, 1.165) is 32.4 Å². The van der Waals surface area contributed by atoms with E-state index >= 15 is 0 Å². The normalized spacial score (nSPS) is 14.3. The van der Waals surface area contributed by atoms with E-state index in [4.69, 9.17) is 0 Å². The quantitative estimate of drug-likeness (QED) is 0.590. The highest BCUT2D eigenvalue weighted by Crippen LogP contribution is 2.21. The summed E-state index contributed by atoms with van der Waals surface area (Å²) in [5, 5.41) is 13.6. The van der Waals surface area contributed by atoms with Crippen LogP contribution in [0.1, 0.15) is 28.8 Å². The number of carbonyl (C=O) groups excluding carboxylic acids is 2. The summed E-state index contributed by atoms with van der Waals surface area (Å²) in [5.41, 5.74) is 3.32. The Kier molecular flexibility index (Phi) is 6.83. The number of hydrogen-bond acceptors (Lipinski definition) is 7. The SMILES string of the molecule is O=C(Nc1nncs1)c1ccc(NCC(=O)N2CCC(Cc3ccccc3)CC2)nc1. The van der Waals surface area contributed by atoms with Gasteiger partial charge in [0.2, 0.25) is 11.0 Å². The molecule has 1 fully saturated rings. The number of pyridine rings is 1. The van der Waals surface area contributed by atoms with Gasteiger partial charge >= 0.3 is 0 Å². The first-order valence-corrected chi connectivity index (χ1v) is 11.1. The molecule has 160 valence electrons. The van der Waals surface area contributed by atoms with Crippen LogP contribution < -0.4 is 10.6 Å². The van der Waals surface area contributed by atoms with E-state index in [2.05, 4.69) is 50.1 Å². The zero-order valence-corrected chi connectivity index (χ0v) is 17.8. The number of anilines is 2. The zero-order chi connectivity index (χ0) is 21.5. The van der Waals surface area contributed by atoms with Gasteiger partial charge in [0.25, 0.3) is 5.91 Å². The van der Waals surface area contributed by atoms with E-state index in [9.17, 15) is 9.59 Å². The Balaban J connectivity index is 1.20. The van der Waals surface area contributed by atoms with Gasteiger partial charge in [0.05, 0.1) is 12.1 Å². The fourth-order valence-electron chi connectivity index (χ4n) is 3.64. The molecule has 8 nitrogen and oxygen atoms in total. The zero-order valence-electron chi connectivity index (χ0n) is 17.0. The fraction of sp³-hybridized carbons (Fsp3) is 0.318. The van der Waals surface area contributed by atoms with Crippen LogP contribution in [0.2, 0.25) is 0 Å². The molecule has 1 aliphatic rings. The van der Waals surface area contributed by atoms with Crippen LogP contribution >= 0.6 is 11.3 Å². The predicted molar refractivity (Wildman–Crippen MR) is 120 cm³/mol. The van der Waals surface area contributed by atoms with Crippen molar-refractivity contribution in [2.24, 2.45) is 5.92 Å². The molecule has 31 heavy (non-hydrogen) atoms. The Morgan fingerprint density at radius 2 is 1.90 bits per heavy atom. The number of piperidine rings is 1. The van der Waals surface area contributed by atoms with E-state index in [1.807, 2.05) is 11.0 Å². The summed E-state index contributed by atoms with van der Waals surface area (Å²) in [7, 11) is 0. The summed E-state index contributed by atoms with van der Waals surface area (Å²) in [5.74, 6) is 0.947. The van der Waals surface area contributed by atoms with Gasteiger partial charge in [-0.1, -0.05) is 41.7 Å². The molecule has 4 rings (SSSR count). The van der Waals surface area contributed by atoms with Crippen LogP contribution in [0, 0.1) is 5.92 Å². The Bertz CT molecular complexity index is 987. The number of aromatic nitrogens is 3. The molecular weight excluding hydrogens is 412 g/mol. The van der Waals surface area contributed by atoms with E-state index < -0.39 is 0 Å². The van der Waals surface area contributed by atoms with Crippen LogP contribution in [0.4, 0.5) is 10.9 Å². The van der Waals surface area contributed by atoms with Crippen LogP contribution in [-0.2, 0) is 11.2 Å². The lowest BCUT2D eigenvalue weighted by atomic mass is 9.90. The van der Waals surface area contributed by atoms with Gasteiger partial charge in [-0.3, -0.25) is 14.9 Å². The maximum absolute atomic E-state index is 12.5. The van der Waals surface area contributed by atoms with Crippen molar-refractivity contribution < 1.29 is 9.59 Å². The molecule has 1 aliphatic heterocycles. The number of carbonyl (C=O) groups is 2. The summed E-state index contributed by atoms with van der Waals surface area (Å²) in [6.07, 6.45) is 4.59. The van der Waals surface area contributed by atoms with Gasteiger partial charge in [0.1, 0.15) is 11.3 Å². The van der Waals surface area contributed by atoms with Crippen LogP contribution in [-0.4, -0.2) is 51.5 Å². The average Bonchev–Trinajstić information content (AvgIpc) is 3.32. The molecule has 1 aromatic carbocycles. The summed E-state index contributed by atoms with van der Waals surface area (Å²) in [6, 6.07) is 13.9. The van der Waals surface area contributed by atoms with Crippen molar-refractivity contribution in [1.82, 2.24) is 20.1 Å². The van der Waals surface area contributed by atoms with E-state index in [1.165, 1.54) is 23.1 Å². The van der Waals surface area contributed by atoms with Gasteiger partial charge in [0.15, 0.2) is 0 Å². The second kappa shape index (κ2) is 10.1. The third kappa shape index (κ3) is 5.85. The Labute approximate surface area is 184 Å². The van der Waals surface area contributed by atoms with Crippen molar-refractivity contribution in [2.75, 3.05) is 30.3 Å². The largest absolute Gasteiger partial charge is 0.361 e. The van der Waals surface area contributed by atoms with Crippen LogP contribution in [0.25, 0.3) is 0 Å².